The molecule has 0 aliphatic heterocycles. The van der Waals surface area contributed by atoms with Crippen molar-refractivity contribution in [3.63, 3.8) is 0 Å². The van der Waals surface area contributed by atoms with Crippen LogP contribution in [0.2, 0.25) is 25.7 Å². The molecule has 0 unspecified atom stereocenters. The van der Waals surface area contributed by atoms with Gasteiger partial charge in [-0.3, -0.25) is 0 Å². The molecule has 32 heavy (non-hydrogen) atoms. The van der Waals surface area contributed by atoms with Crippen LogP contribution < -0.4 is 0 Å². The van der Waals surface area contributed by atoms with Crippen LogP contribution in [0, 0.1) is 0 Å². The lowest BCUT2D eigenvalue weighted by Crippen LogP contribution is -2.22. The van der Waals surface area contributed by atoms with Crippen molar-refractivity contribution in [3.8, 4) is 22.5 Å². The van der Waals surface area contributed by atoms with Gasteiger partial charge in [0.2, 0.25) is 0 Å². The van der Waals surface area contributed by atoms with Crippen molar-refractivity contribution >= 4 is 24.0 Å². The van der Waals surface area contributed by atoms with E-state index in [9.17, 15) is 0 Å². The number of hydrogen-bond acceptors (Lipinski definition) is 2. The number of aryl methyl sites for hydroxylation is 1. The standard InChI is InChI=1S/C27H37BrN2OSi/c1-32(2,3)21-20-31-22-30-25(18-12-4-5-13-19-28)29-26(23-14-8-6-9-15-23)27(30)24-16-10-7-11-17-24/h6-11,14-17H,4-5,12-13,18-22H2,1-3H3. The van der Waals surface area contributed by atoms with E-state index < -0.39 is 8.07 Å². The molecule has 0 aliphatic carbocycles. The first-order valence-electron chi connectivity index (χ1n) is 11.8. The summed E-state index contributed by atoms with van der Waals surface area (Å²) in [4.78, 5) is 5.18. The minimum Gasteiger partial charge on any atom is -0.361 e. The van der Waals surface area contributed by atoms with Gasteiger partial charge in [0, 0.05) is 37.6 Å². The lowest BCUT2D eigenvalue weighted by Gasteiger charge is -2.17. The van der Waals surface area contributed by atoms with Gasteiger partial charge >= 0.3 is 0 Å². The molecule has 1 heterocycles. The molecule has 172 valence electrons. The fraction of sp³-hybridized carbons (Fsp3) is 0.444. The smallest absolute Gasteiger partial charge is 0.124 e. The summed E-state index contributed by atoms with van der Waals surface area (Å²) in [5.41, 5.74) is 4.58. The van der Waals surface area contributed by atoms with Crippen molar-refractivity contribution in [1.82, 2.24) is 9.55 Å². The van der Waals surface area contributed by atoms with E-state index in [-0.39, 0.29) is 0 Å². The van der Waals surface area contributed by atoms with Crippen molar-refractivity contribution in [2.24, 2.45) is 0 Å². The number of aromatic nitrogens is 2. The highest BCUT2D eigenvalue weighted by atomic mass is 79.9. The number of unbranched alkanes of at least 4 members (excludes halogenated alkanes) is 3. The molecule has 0 saturated carbocycles. The number of halogens is 1. The largest absolute Gasteiger partial charge is 0.361 e. The van der Waals surface area contributed by atoms with E-state index in [2.05, 4.69) is 101 Å². The van der Waals surface area contributed by atoms with E-state index in [4.69, 9.17) is 9.72 Å². The Morgan fingerprint density at radius 2 is 1.47 bits per heavy atom. The molecule has 0 radical (unpaired) electrons. The summed E-state index contributed by atoms with van der Waals surface area (Å²) in [6.07, 6.45) is 5.86. The molecule has 0 fully saturated rings. The van der Waals surface area contributed by atoms with Gasteiger partial charge in [0.1, 0.15) is 12.6 Å². The Morgan fingerprint density at radius 3 is 2.09 bits per heavy atom. The van der Waals surface area contributed by atoms with Crippen molar-refractivity contribution in [2.45, 2.75) is 64.5 Å². The van der Waals surface area contributed by atoms with Crippen molar-refractivity contribution < 1.29 is 4.74 Å². The summed E-state index contributed by atoms with van der Waals surface area (Å²) >= 11 is 3.54. The lowest BCUT2D eigenvalue weighted by molar-refractivity contribution is 0.0861. The van der Waals surface area contributed by atoms with Crippen LogP contribution in [0.1, 0.15) is 31.5 Å². The van der Waals surface area contributed by atoms with E-state index in [0.717, 1.165) is 41.9 Å². The first kappa shape index (κ1) is 24.9. The van der Waals surface area contributed by atoms with Crippen LogP contribution >= 0.6 is 15.9 Å². The van der Waals surface area contributed by atoms with Crippen molar-refractivity contribution in [2.75, 3.05) is 11.9 Å². The zero-order valence-corrected chi connectivity index (χ0v) is 22.4. The number of ether oxygens (including phenoxy) is 1. The average molecular weight is 514 g/mol. The highest BCUT2D eigenvalue weighted by Gasteiger charge is 2.20. The maximum atomic E-state index is 6.24. The van der Waals surface area contributed by atoms with Crippen molar-refractivity contribution in [1.29, 1.82) is 0 Å². The number of imidazole rings is 1. The monoisotopic (exact) mass is 512 g/mol. The van der Waals surface area contributed by atoms with E-state index in [1.54, 1.807) is 0 Å². The SMILES string of the molecule is C[Si](C)(C)CCOCn1c(CCCCCCBr)nc(-c2ccccc2)c1-c1ccccc1. The Kier molecular flexibility index (Phi) is 9.76. The zero-order chi connectivity index (χ0) is 22.8. The molecular weight excluding hydrogens is 476 g/mol. The molecule has 2 aromatic carbocycles. The second-order valence-corrected chi connectivity index (χ2v) is 16.0. The summed E-state index contributed by atoms with van der Waals surface area (Å²) < 4.78 is 8.57. The zero-order valence-electron chi connectivity index (χ0n) is 19.8. The quantitative estimate of drug-likeness (QED) is 0.131. The van der Waals surface area contributed by atoms with Gasteiger partial charge in [0.25, 0.3) is 0 Å². The number of rotatable bonds is 13. The summed E-state index contributed by atoms with van der Waals surface area (Å²) in [5.74, 6) is 1.13. The Labute approximate surface area is 203 Å². The molecule has 1 aromatic heterocycles. The normalized spacial score (nSPS) is 11.8. The molecule has 0 saturated heterocycles. The van der Waals surface area contributed by atoms with E-state index in [0.29, 0.717) is 6.73 Å². The van der Waals surface area contributed by atoms with Crippen LogP contribution in [0.25, 0.3) is 22.5 Å². The number of alkyl halides is 1. The molecule has 0 amide bonds. The molecule has 3 nitrogen and oxygen atoms in total. The third-order valence-electron chi connectivity index (χ3n) is 5.64. The van der Waals surface area contributed by atoms with Crippen LogP contribution in [0.15, 0.2) is 60.7 Å². The Morgan fingerprint density at radius 1 is 0.844 bits per heavy atom. The molecule has 0 aliphatic rings. The summed E-state index contributed by atoms with van der Waals surface area (Å²) in [7, 11) is -1.12. The summed E-state index contributed by atoms with van der Waals surface area (Å²) in [5, 5.41) is 1.09. The van der Waals surface area contributed by atoms with Gasteiger partial charge in [0.15, 0.2) is 0 Å². The first-order valence-corrected chi connectivity index (χ1v) is 16.7. The van der Waals surface area contributed by atoms with Gasteiger partial charge < -0.3 is 9.30 Å². The summed E-state index contributed by atoms with van der Waals surface area (Å²) in [6, 6.07) is 22.4. The highest BCUT2D eigenvalue weighted by Crippen LogP contribution is 2.33. The Bertz CT molecular complexity index is 936. The second-order valence-electron chi connectivity index (χ2n) is 9.59. The molecule has 0 bridgehead atoms. The second kappa shape index (κ2) is 12.5. The molecule has 3 aromatic rings. The fourth-order valence-corrected chi connectivity index (χ4v) is 4.93. The van der Waals surface area contributed by atoms with Crippen LogP contribution in [0.4, 0.5) is 0 Å². The molecule has 0 N–H and O–H groups in total. The van der Waals surface area contributed by atoms with Crippen LogP contribution in [-0.2, 0) is 17.9 Å². The lowest BCUT2D eigenvalue weighted by atomic mass is 10.0. The maximum Gasteiger partial charge on any atom is 0.124 e. The molecule has 3 rings (SSSR count). The average Bonchev–Trinajstić information content (AvgIpc) is 3.15. The first-order chi connectivity index (χ1) is 15.5. The number of benzene rings is 2. The van der Waals surface area contributed by atoms with Gasteiger partial charge in [-0.2, -0.15) is 0 Å². The van der Waals surface area contributed by atoms with Crippen LogP contribution in [-0.4, -0.2) is 29.6 Å². The number of nitrogens with zero attached hydrogens (tertiary/aromatic N) is 2. The third-order valence-corrected chi connectivity index (χ3v) is 7.91. The molecule has 5 heteroatoms. The minimum atomic E-state index is -1.12. The van der Waals surface area contributed by atoms with E-state index in [1.807, 2.05) is 0 Å². The molecule has 0 spiro atoms. The summed E-state index contributed by atoms with van der Waals surface area (Å²) in [6.45, 7) is 8.57. The van der Waals surface area contributed by atoms with Crippen molar-refractivity contribution in [3.05, 3.63) is 66.5 Å². The Hall–Kier alpha value is -1.69. The van der Waals surface area contributed by atoms with Crippen LogP contribution in [0.3, 0.4) is 0 Å². The third kappa shape index (κ3) is 7.43. The molecule has 0 atom stereocenters. The minimum absolute atomic E-state index is 0.561. The van der Waals surface area contributed by atoms with Gasteiger partial charge in [-0.25, -0.2) is 4.98 Å². The highest BCUT2D eigenvalue weighted by molar-refractivity contribution is 9.09. The van der Waals surface area contributed by atoms with E-state index in [1.165, 1.54) is 36.6 Å². The topological polar surface area (TPSA) is 27.1 Å². The van der Waals surface area contributed by atoms with Gasteiger partial charge in [-0.15, -0.1) is 0 Å². The fourth-order valence-electron chi connectivity index (χ4n) is 3.78. The van der Waals surface area contributed by atoms with Gasteiger partial charge in [-0.1, -0.05) is 109 Å². The van der Waals surface area contributed by atoms with Crippen LogP contribution in [0.5, 0.6) is 0 Å². The molecular formula is C27H37BrN2OSi. The maximum absolute atomic E-state index is 6.24. The Balaban J connectivity index is 1.94. The van der Waals surface area contributed by atoms with E-state index >= 15 is 0 Å². The van der Waals surface area contributed by atoms with Gasteiger partial charge in [0.05, 0.1) is 11.4 Å². The predicted octanol–water partition coefficient (Wildman–Crippen LogP) is 8.03. The van der Waals surface area contributed by atoms with Gasteiger partial charge in [-0.05, 0) is 18.9 Å². The number of hydrogen-bond donors (Lipinski definition) is 0. The predicted molar refractivity (Wildman–Crippen MR) is 143 cm³/mol.